The Labute approximate surface area is 143 Å². The second-order valence-electron chi connectivity index (χ2n) is 6.43. The number of hydrogen-bond donors (Lipinski definition) is 1. The number of piperazine rings is 1. The van der Waals surface area contributed by atoms with Crippen LogP contribution >= 0.6 is 0 Å². The van der Waals surface area contributed by atoms with Crippen molar-refractivity contribution in [3.63, 3.8) is 0 Å². The summed E-state index contributed by atoms with van der Waals surface area (Å²) in [4.78, 5) is 2.41. The molecule has 0 aliphatic carbocycles. The van der Waals surface area contributed by atoms with E-state index in [1.807, 2.05) is 6.07 Å². The fraction of sp³-hybridized carbons (Fsp3) is 0.400. The summed E-state index contributed by atoms with van der Waals surface area (Å²) in [5, 5.41) is 3.38. The quantitative estimate of drug-likeness (QED) is 0.941. The first-order valence-electron chi connectivity index (χ1n) is 8.74. The Morgan fingerprint density at radius 1 is 0.792 bits per heavy atom. The van der Waals surface area contributed by atoms with Gasteiger partial charge in [-0.15, -0.1) is 0 Å². The van der Waals surface area contributed by atoms with Gasteiger partial charge in [-0.05, 0) is 17.7 Å². The summed E-state index contributed by atoms with van der Waals surface area (Å²) >= 11 is 0. The summed E-state index contributed by atoms with van der Waals surface area (Å²) in [6, 6.07) is 19.1. The number of anilines is 1. The Kier molecular flexibility index (Phi) is 4.78. The van der Waals surface area contributed by atoms with Crippen LogP contribution in [0.4, 0.5) is 5.69 Å². The highest BCUT2D eigenvalue weighted by Crippen LogP contribution is 2.30. The standard InChI is InChI=1S/C20H24N2O2/c1-2-4-16(5-3-1)18-14-23-20(24-15-18)17-6-8-19(9-7-17)22-12-10-21-11-13-22/h1-9,18,20-21H,10-15H2. The third-order valence-corrected chi connectivity index (χ3v) is 4.82. The molecule has 0 unspecified atom stereocenters. The molecule has 2 aromatic rings. The number of benzene rings is 2. The maximum atomic E-state index is 5.97. The van der Waals surface area contributed by atoms with Crippen LogP contribution in [0.15, 0.2) is 54.6 Å². The van der Waals surface area contributed by atoms with E-state index in [4.69, 9.17) is 9.47 Å². The number of hydrogen-bond acceptors (Lipinski definition) is 4. The van der Waals surface area contributed by atoms with Crippen LogP contribution in [0, 0.1) is 0 Å². The summed E-state index contributed by atoms with van der Waals surface area (Å²) in [5.74, 6) is 0.322. The summed E-state index contributed by atoms with van der Waals surface area (Å²) in [6.45, 7) is 5.64. The molecule has 2 heterocycles. The molecule has 0 amide bonds. The van der Waals surface area contributed by atoms with Crippen molar-refractivity contribution in [2.24, 2.45) is 0 Å². The van der Waals surface area contributed by atoms with Crippen molar-refractivity contribution >= 4 is 5.69 Å². The number of nitrogens with one attached hydrogen (secondary N) is 1. The van der Waals surface area contributed by atoms with E-state index >= 15 is 0 Å². The lowest BCUT2D eigenvalue weighted by Gasteiger charge is -2.31. The highest BCUT2D eigenvalue weighted by molar-refractivity contribution is 5.48. The minimum absolute atomic E-state index is 0.248. The third-order valence-electron chi connectivity index (χ3n) is 4.82. The lowest BCUT2D eigenvalue weighted by molar-refractivity contribution is -0.191. The van der Waals surface area contributed by atoms with Gasteiger partial charge in [0.1, 0.15) is 0 Å². The molecule has 0 spiro atoms. The maximum absolute atomic E-state index is 5.97. The minimum Gasteiger partial charge on any atom is -0.369 e. The molecule has 0 aromatic heterocycles. The Hall–Kier alpha value is -1.88. The summed E-state index contributed by atoms with van der Waals surface area (Å²) in [5.41, 5.74) is 3.66. The molecule has 24 heavy (non-hydrogen) atoms. The molecule has 0 atom stereocenters. The zero-order valence-corrected chi connectivity index (χ0v) is 13.9. The van der Waals surface area contributed by atoms with Crippen LogP contribution in [0.1, 0.15) is 23.3 Å². The van der Waals surface area contributed by atoms with Gasteiger partial charge in [0.05, 0.1) is 13.2 Å². The van der Waals surface area contributed by atoms with E-state index in [0.29, 0.717) is 19.1 Å². The normalized spacial score (nSPS) is 24.8. The molecular formula is C20H24N2O2. The Morgan fingerprint density at radius 2 is 1.46 bits per heavy atom. The molecule has 4 nitrogen and oxygen atoms in total. The van der Waals surface area contributed by atoms with Crippen molar-refractivity contribution in [3.8, 4) is 0 Å². The highest BCUT2D eigenvalue weighted by atomic mass is 16.7. The Bertz CT molecular complexity index is 630. The largest absolute Gasteiger partial charge is 0.369 e. The van der Waals surface area contributed by atoms with Crippen LogP contribution in [0.2, 0.25) is 0 Å². The molecule has 2 aliphatic heterocycles. The van der Waals surface area contributed by atoms with Gasteiger partial charge < -0.3 is 19.7 Å². The van der Waals surface area contributed by atoms with Crippen LogP contribution in [-0.4, -0.2) is 39.4 Å². The third kappa shape index (κ3) is 3.46. The van der Waals surface area contributed by atoms with Crippen molar-refractivity contribution in [1.29, 1.82) is 0 Å². The van der Waals surface area contributed by atoms with E-state index in [2.05, 4.69) is 58.7 Å². The van der Waals surface area contributed by atoms with Gasteiger partial charge in [-0.25, -0.2) is 0 Å². The van der Waals surface area contributed by atoms with Gasteiger partial charge in [0.2, 0.25) is 0 Å². The zero-order chi connectivity index (χ0) is 16.2. The Balaban J connectivity index is 1.37. The van der Waals surface area contributed by atoms with Gasteiger partial charge in [-0.3, -0.25) is 0 Å². The second kappa shape index (κ2) is 7.34. The van der Waals surface area contributed by atoms with E-state index in [1.54, 1.807) is 0 Å². The van der Waals surface area contributed by atoms with Gasteiger partial charge >= 0.3 is 0 Å². The monoisotopic (exact) mass is 324 g/mol. The maximum Gasteiger partial charge on any atom is 0.183 e. The second-order valence-corrected chi connectivity index (χ2v) is 6.43. The number of ether oxygens (including phenoxy) is 2. The first-order valence-corrected chi connectivity index (χ1v) is 8.74. The molecule has 126 valence electrons. The van der Waals surface area contributed by atoms with Crippen LogP contribution in [0.5, 0.6) is 0 Å². The Morgan fingerprint density at radius 3 is 2.12 bits per heavy atom. The molecule has 0 bridgehead atoms. The van der Waals surface area contributed by atoms with Gasteiger partial charge in [0, 0.05) is 43.3 Å². The average Bonchev–Trinajstić information content (AvgIpc) is 2.70. The molecule has 2 aromatic carbocycles. The first kappa shape index (κ1) is 15.6. The molecular weight excluding hydrogens is 300 g/mol. The van der Waals surface area contributed by atoms with Crippen molar-refractivity contribution in [3.05, 3.63) is 65.7 Å². The van der Waals surface area contributed by atoms with Gasteiger partial charge in [0.15, 0.2) is 6.29 Å². The number of rotatable bonds is 3. The number of nitrogens with zero attached hydrogens (tertiary/aromatic N) is 1. The van der Waals surface area contributed by atoms with E-state index in [1.165, 1.54) is 11.3 Å². The van der Waals surface area contributed by atoms with E-state index in [9.17, 15) is 0 Å². The van der Waals surface area contributed by atoms with Crippen LogP contribution < -0.4 is 10.2 Å². The summed E-state index contributed by atoms with van der Waals surface area (Å²) < 4.78 is 11.9. The fourth-order valence-electron chi connectivity index (χ4n) is 3.38. The smallest absolute Gasteiger partial charge is 0.183 e. The van der Waals surface area contributed by atoms with Crippen LogP contribution in [0.3, 0.4) is 0 Å². The highest BCUT2D eigenvalue weighted by Gasteiger charge is 2.24. The fourth-order valence-corrected chi connectivity index (χ4v) is 3.38. The molecule has 4 rings (SSSR count). The van der Waals surface area contributed by atoms with E-state index in [-0.39, 0.29) is 6.29 Å². The summed E-state index contributed by atoms with van der Waals surface area (Å²) in [7, 11) is 0. The van der Waals surface area contributed by atoms with Crippen LogP contribution in [-0.2, 0) is 9.47 Å². The lowest BCUT2D eigenvalue weighted by atomic mass is 10.0. The summed E-state index contributed by atoms with van der Waals surface area (Å²) in [6.07, 6.45) is -0.248. The topological polar surface area (TPSA) is 33.7 Å². The van der Waals surface area contributed by atoms with Crippen LogP contribution in [0.25, 0.3) is 0 Å². The average molecular weight is 324 g/mol. The molecule has 1 N–H and O–H groups in total. The lowest BCUT2D eigenvalue weighted by Crippen LogP contribution is -2.43. The van der Waals surface area contributed by atoms with Gasteiger partial charge in [-0.1, -0.05) is 42.5 Å². The van der Waals surface area contributed by atoms with Crippen molar-refractivity contribution < 1.29 is 9.47 Å². The molecule has 2 saturated heterocycles. The molecule has 0 radical (unpaired) electrons. The predicted molar refractivity (Wildman–Crippen MR) is 95.4 cm³/mol. The molecule has 2 fully saturated rings. The minimum atomic E-state index is -0.248. The van der Waals surface area contributed by atoms with E-state index < -0.39 is 0 Å². The van der Waals surface area contributed by atoms with Crippen molar-refractivity contribution in [2.75, 3.05) is 44.3 Å². The van der Waals surface area contributed by atoms with E-state index in [0.717, 1.165) is 31.7 Å². The molecule has 2 aliphatic rings. The zero-order valence-electron chi connectivity index (χ0n) is 13.9. The molecule has 0 saturated carbocycles. The SMILES string of the molecule is c1ccc(C2COC(c3ccc(N4CCNCC4)cc3)OC2)cc1. The van der Waals surface area contributed by atoms with Gasteiger partial charge in [0.25, 0.3) is 0 Å². The van der Waals surface area contributed by atoms with Crippen molar-refractivity contribution in [2.45, 2.75) is 12.2 Å². The first-order chi connectivity index (χ1) is 11.9. The van der Waals surface area contributed by atoms with Gasteiger partial charge in [-0.2, -0.15) is 0 Å². The van der Waals surface area contributed by atoms with Crippen molar-refractivity contribution in [1.82, 2.24) is 5.32 Å². The predicted octanol–water partition coefficient (Wildman–Crippen LogP) is 2.93. The molecule has 4 heteroatoms.